The number of likely N-dealkylation sites (tertiary alicyclic amines) is 1. The topological polar surface area (TPSA) is 38.8 Å². The van der Waals surface area contributed by atoms with Gasteiger partial charge in [0.2, 0.25) is 0 Å². The van der Waals surface area contributed by atoms with Crippen molar-refractivity contribution >= 4 is 11.6 Å². The highest BCUT2D eigenvalue weighted by Gasteiger charge is 2.23. The van der Waals surface area contributed by atoms with E-state index in [1.807, 2.05) is 36.4 Å². The predicted molar refractivity (Wildman–Crippen MR) is 118 cm³/mol. The molecule has 0 saturated carbocycles. The van der Waals surface area contributed by atoms with Gasteiger partial charge >= 0.3 is 0 Å². The lowest BCUT2D eigenvalue weighted by atomic mass is 10.0. The third-order valence-corrected chi connectivity index (χ3v) is 6.19. The van der Waals surface area contributed by atoms with Gasteiger partial charge in [0.1, 0.15) is 5.82 Å². The van der Waals surface area contributed by atoms with Crippen LogP contribution in [0.4, 0.5) is 10.1 Å². The van der Waals surface area contributed by atoms with E-state index in [2.05, 4.69) is 27.1 Å². The van der Waals surface area contributed by atoms with E-state index in [0.29, 0.717) is 17.7 Å². The van der Waals surface area contributed by atoms with Crippen molar-refractivity contribution in [3.05, 3.63) is 65.5 Å². The van der Waals surface area contributed by atoms with Gasteiger partial charge < -0.3 is 15.1 Å². The van der Waals surface area contributed by atoms with Gasteiger partial charge in [-0.05, 0) is 56.8 Å². The first-order valence-corrected chi connectivity index (χ1v) is 10.9. The van der Waals surface area contributed by atoms with Crippen LogP contribution in [0.1, 0.15) is 28.8 Å². The van der Waals surface area contributed by atoms with Crippen LogP contribution >= 0.6 is 0 Å². The first kappa shape index (κ1) is 20.8. The second kappa shape index (κ2) is 9.58. The van der Waals surface area contributed by atoms with Gasteiger partial charge in [-0.1, -0.05) is 18.2 Å². The zero-order valence-corrected chi connectivity index (χ0v) is 17.7. The molecule has 2 aliphatic heterocycles. The molecule has 2 fully saturated rings. The van der Waals surface area contributed by atoms with Crippen LogP contribution in [-0.2, 0) is 6.54 Å². The summed E-state index contributed by atoms with van der Waals surface area (Å²) < 4.78 is 14.0. The molecule has 4 rings (SSSR count). The Bertz CT molecular complexity index is 849. The molecule has 2 aromatic carbocycles. The van der Waals surface area contributed by atoms with Gasteiger partial charge in [0, 0.05) is 62.1 Å². The number of piperidine rings is 1. The number of carbonyl (C=O) groups is 1. The Balaban J connectivity index is 1.31. The number of piperazine rings is 1. The number of benzene rings is 2. The molecule has 0 aliphatic carbocycles. The Labute approximate surface area is 178 Å². The summed E-state index contributed by atoms with van der Waals surface area (Å²) in [5.74, 6) is -0.193. The van der Waals surface area contributed by atoms with Gasteiger partial charge in [0.25, 0.3) is 5.91 Å². The standard InChI is InChI=1S/C24H31FN4O/c1-27-13-15-29(16-14-27)22-10-8-19(9-11-22)24(30)26-21-6-4-12-28(18-21)17-20-5-2-3-7-23(20)25/h2-3,5,7-11,21H,4,6,12-18H2,1H3,(H,26,30)/t21-/m0/s1. The summed E-state index contributed by atoms with van der Waals surface area (Å²) >= 11 is 0. The van der Waals surface area contributed by atoms with Crippen LogP contribution in [0.2, 0.25) is 0 Å². The average Bonchev–Trinajstić information content (AvgIpc) is 2.76. The van der Waals surface area contributed by atoms with Crippen molar-refractivity contribution in [2.75, 3.05) is 51.2 Å². The van der Waals surface area contributed by atoms with Gasteiger partial charge in [0.05, 0.1) is 0 Å². The van der Waals surface area contributed by atoms with Crippen molar-refractivity contribution in [2.45, 2.75) is 25.4 Å². The number of nitrogens with zero attached hydrogens (tertiary/aromatic N) is 3. The number of hydrogen-bond acceptors (Lipinski definition) is 4. The van der Waals surface area contributed by atoms with E-state index >= 15 is 0 Å². The quantitative estimate of drug-likeness (QED) is 0.823. The summed E-state index contributed by atoms with van der Waals surface area (Å²) in [5.41, 5.74) is 2.58. The van der Waals surface area contributed by atoms with Gasteiger partial charge in [-0.3, -0.25) is 9.69 Å². The van der Waals surface area contributed by atoms with E-state index in [1.165, 1.54) is 11.8 Å². The van der Waals surface area contributed by atoms with E-state index < -0.39 is 0 Å². The number of amides is 1. The molecule has 0 spiro atoms. The van der Waals surface area contributed by atoms with E-state index in [0.717, 1.165) is 52.1 Å². The lowest BCUT2D eigenvalue weighted by Crippen LogP contribution is -2.47. The molecular formula is C24H31FN4O. The van der Waals surface area contributed by atoms with Gasteiger partial charge in [0.15, 0.2) is 0 Å². The van der Waals surface area contributed by atoms with Crippen LogP contribution in [0.5, 0.6) is 0 Å². The van der Waals surface area contributed by atoms with Crippen molar-refractivity contribution in [1.82, 2.24) is 15.1 Å². The van der Waals surface area contributed by atoms with E-state index in [1.54, 1.807) is 6.07 Å². The van der Waals surface area contributed by atoms with Crippen LogP contribution in [-0.4, -0.2) is 68.1 Å². The monoisotopic (exact) mass is 410 g/mol. The number of carbonyl (C=O) groups excluding carboxylic acids is 1. The zero-order chi connectivity index (χ0) is 20.9. The molecule has 160 valence electrons. The minimum absolute atomic E-state index is 0.0299. The fourth-order valence-corrected chi connectivity index (χ4v) is 4.34. The summed E-state index contributed by atoms with van der Waals surface area (Å²) in [7, 11) is 2.15. The van der Waals surface area contributed by atoms with Crippen molar-refractivity contribution in [3.8, 4) is 0 Å². The third-order valence-electron chi connectivity index (χ3n) is 6.19. The number of rotatable bonds is 5. The molecular weight excluding hydrogens is 379 g/mol. The zero-order valence-electron chi connectivity index (χ0n) is 17.7. The largest absolute Gasteiger partial charge is 0.369 e. The molecule has 1 N–H and O–H groups in total. The van der Waals surface area contributed by atoms with Crippen molar-refractivity contribution in [3.63, 3.8) is 0 Å². The molecule has 2 aliphatic rings. The van der Waals surface area contributed by atoms with E-state index in [-0.39, 0.29) is 17.8 Å². The van der Waals surface area contributed by atoms with Crippen LogP contribution < -0.4 is 10.2 Å². The molecule has 0 bridgehead atoms. The lowest BCUT2D eigenvalue weighted by Gasteiger charge is -2.34. The summed E-state index contributed by atoms with van der Waals surface area (Å²) in [6.45, 7) is 6.42. The second-order valence-electron chi connectivity index (χ2n) is 8.48. The molecule has 30 heavy (non-hydrogen) atoms. The number of halogens is 1. The summed E-state index contributed by atoms with van der Waals surface area (Å²) in [6, 6.07) is 14.9. The highest BCUT2D eigenvalue weighted by molar-refractivity contribution is 5.94. The molecule has 0 aromatic heterocycles. The number of nitrogens with one attached hydrogen (secondary N) is 1. The molecule has 2 aromatic rings. The summed E-state index contributed by atoms with van der Waals surface area (Å²) in [4.78, 5) is 19.7. The highest BCUT2D eigenvalue weighted by atomic mass is 19.1. The SMILES string of the molecule is CN1CCN(c2ccc(C(=O)N[C@H]3CCCN(Cc4ccccc4F)C3)cc2)CC1. The summed E-state index contributed by atoms with van der Waals surface area (Å²) in [5, 5.41) is 3.18. The Hall–Kier alpha value is -2.44. The Morgan fingerprint density at radius 2 is 1.77 bits per heavy atom. The molecule has 0 unspecified atom stereocenters. The molecule has 1 atom stereocenters. The molecule has 5 nitrogen and oxygen atoms in total. The molecule has 2 heterocycles. The maximum atomic E-state index is 14.0. The second-order valence-corrected chi connectivity index (χ2v) is 8.48. The van der Waals surface area contributed by atoms with E-state index in [9.17, 15) is 9.18 Å². The first-order chi connectivity index (χ1) is 14.6. The Morgan fingerprint density at radius 1 is 1.03 bits per heavy atom. The lowest BCUT2D eigenvalue weighted by molar-refractivity contribution is 0.0900. The Morgan fingerprint density at radius 3 is 2.50 bits per heavy atom. The van der Waals surface area contributed by atoms with Crippen molar-refractivity contribution in [2.24, 2.45) is 0 Å². The highest BCUT2D eigenvalue weighted by Crippen LogP contribution is 2.19. The number of anilines is 1. The molecule has 6 heteroatoms. The fourth-order valence-electron chi connectivity index (χ4n) is 4.34. The minimum Gasteiger partial charge on any atom is -0.369 e. The number of likely N-dealkylation sites (N-methyl/N-ethyl adjacent to an activating group) is 1. The van der Waals surface area contributed by atoms with Gasteiger partial charge in [-0.2, -0.15) is 0 Å². The number of hydrogen-bond donors (Lipinski definition) is 1. The molecule has 1 amide bonds. The van der Waals surface area contributed by atoms with Crippen molar-refractivity contribution in [1.29, 1.82) is 0 Å². The van der Waals surface area contributed by atoms with Crippen LogP contribution in [0.25, 0.3) is 0 Å². The van der Waals surface area contributed by atoms with Crippen LogP contribution in [0.3, 0.4) is 0 Å². The first-order valence-electron chi connectivity index (χ1n) is 10.9. The van der Waals surface area contributed by atoms with Gasteiger partial charge in [-0.25, -0.2) is 4.39 Å². The Kier molecular flexibility index (Phi) is 6.65. The predicted octanol–water partition coefficient (Wildman–Crippen LogP) is 2.97. The maximum Gasteiger partial charge on any atom is 0.251 e. The summed E-state index contributed by atoms with van der Waals surface area (Å²) in [6.07, 6.45) is 1.96. The fraction of sp³-hybridized carbons (Fsp3) is 0.458. The molecule has 0 radical (unpaired) electrons. The molecule has 2 saturated heterocycles. The minimum atomic E-state index is -0.163. The van der Waals surface area contributed by atoms with Gasteiger partial charge in [-0.15, -0.1) is 0 Å². The third kappa shape index (κ3) is 5.18. The van der Waals surface area contributed by atoms with E-state index in [4.69, 9.17) is 0 Å². The smallest absolute Gasteiger partial charge is 0.251 e. The normalized spacial score (nSPS) is 20.9. The van der Waals surface area contributed by atoms with Crippen LogP contribution in [0, 0.1) is 5.82 Å². The van der Waals surface area contributed by atoms with Crippen molar-refractivity contribution < 1.29 is 9.18 Å². The maximum absolute atomic E-state index is 14.0. The van der Waals surface area contributed by atoms with Crippen LogP contribution in [0.15, 0.2) is 48.5 Å². The average molecular weight is 411 g/mol.